The monoisotopic (exact) mass is 245 g/mol. The number of esters is 1. The highest BCUT2D eigenvalue weighted by Gasteiger charge is 2.20. The third-order valence-corrected chi connectivity index (χ3v) is 2.52. The standard InChI is InChI=1S/C14H15NO3/c1-4-17-14(16)12-13(18-10(3)15-12)11-7-5-9(2)6-8-11/h5-8H,4H2,1-3H3. The van der Waals surface area contributed by atoms with Gasteiger partial charge in [-0.2, -0.15) is 0 Å². The number of oxazole rings is 1. The van der Waals surface area contributed by atoms with Crippen LogP contribution in [0.1, 0.15) is 28.9 Å². The molecule has 0 atom stereocenters. The van der Waals surface area contributed by atoms with Gasteiger partial charge in [-0.1, -0.05) is 29.8 Å². The van der Waals surface area contributed by atoms with Crippen LogP contribution in [0.5, 0.6) is 0 Å². The van der Waals surface area contributed by atoms with Gasteiger partial charge in [-0.15, -0.1) is 0 Å². The molecule has 0 aliphatic heterocycles. The number of rotatable bonds is 3. The van der Waals surface area contributed by atoms with Crippen LogP contribution in [0.4, 0.5) is 0 Å². The van der Waals surface area contributed by atoms with Crippen molar-refractivity contribution in [1.29, 1.82) is 0 Å². The van der Waals surface area contributed by atoms with E-state index in [0.29, 0.717) is 18.3 Å². The summed E-state index contributed by atoms with van der Waals surface area (Å²) in [5.41, 5.74) is 2.20. The van der Waals surface area contributed by atoms with E-state index in [0.717, 1.165) is 11.1 Å². The molecule has 0 fully saturated rings. The number of hydrogen-bond donors (Lipinski definition) is 0. The van der Waals surface area contributed by atoms with Gasteiger partial charge in [0.25, 0.3) is 0 Å². The van der Waals surface area contributed by atoms with Crippen molar-refractivity contribution in [3.05, 3.63) is 41.4 Å². The van der Waals surface area contributed by atoms with Gasteiger partial charge in [0.1, 0.15) is 0 Å². The zero-order valence-corrected chi connectivity index (χ0v) is 10.7. The molecule has 0 bridgehead atoms. The van der Waals surface area contributed by atoms with Crippen LogP contribution >= 0.6 is 0 Å². The van der Waals surface area contributed by atoms with Crippen LogP contribution in [-0.2, 0) is 4.74 Å². The van der Waals surface area contributed by atoms with E-state index in [4.69, 9.17) is 9.15 Å². The van der Waals surface area contributed by atoms with Gasteiger partial charge in [-0.3, -0.25) is 0 Å². The number of aryl methyl sites for hydroxylation is 2. The first kappa shape index (κ1) is 12.4. The van der Waals surface area contributed by atoms with Gasteiger partial charge in [0.05, 0.1) is 6.61 Å². The maximum Gasteiger partial charge on any atom is 0.360 e. The molecular formula is C14H15NO3. The minimum Gasteiger partial charge on any atom is -0.461 e. The zero-order chi connectivity index (χ0) is 13.1. The Labute approximate surface area is 106 Å². The normalized spacial score (nSPS) is 10.4. The molecular weight excluding hydrogens is 230 g/mol. The highest BCUT2D eigenvalue weighted by molar-refractivity contribution is 5.93. The molecule has 4 nitrogen and oxygen atoms in total. The SMILES string of the molecule is CCOC(=O)c1nc(C)oc1-c1ccc(C)cc1. The zero-order valence-electron chi connectivity index (χ0n) is 10.7. The molecule has 1 aromatic heterocycles. The van der Waals surface area contributed by atoms with E-state index in [1.54, 1.807) is 13.8 Å². The van der Waals surface area contributed by atoms with Crippen LogP contribution in [-0.4, -0.2) is 17.6 Å². The maximum atomic E-state index is 11.8. The highest BCUT2D eigenvalue weighted by Crippen LogP contribution is 2.25. The van der Waals surface area contributed by atoms with Gasteiger partial charge in [0, 0.05) is 12.5 Å². The Morgan fingerprint density at radius 1 is 1.28 bits per heavy atom. The second-order valence-corrected chi connectivity index (χ2v) is 4.00. The van der Waals surface area contributed by atoms with E-state index in [-0.39, 0.29) is 5.69 Å². The van der Waals surface area contributed by atoms with Crippen LogP contribution in [0, 0.1) is 13.8 Å². The smallest absolute Gasteiger partial charge is 0.360 e. The van der Waals surface area contributed by atoms with Crippen LogP contribution in [0.15, 0.2) is 28.7 Å². The summed E-state index contributed by atoms with van der Waals surface area (Å²) in [5, 5.41) is 0. The summed E-state index contributed by atoms with van der Waals surface area (Å²) in [4.78, 5) is 15.9. The molecule has 0 saturated heterocycles. The maximum absolute atomic E-state index is 11.8. The summed E-state index contributed by atoms with van der Waals surface area (Å²) in [6, 6.07) is 7.72. The molecule has 0 saturated carbocycles. The molecule has 18 heavy (non-hydrogen) atoms. The number of nitrogens with zero attached hydrogens (tertiary/aromatic N) is 1. The Bertz CT molecular complexity index is 555. The van der Waals surface area contributed by atoms with E-state index in [2.05, 4.69) is 4.98 Å². The molecule has 1 aromatic carbocycles. The number of carbonyl (C=O) groups excluding carboxylic acids is 1. The molecule has 0 amide bonds. The first-order chi connectivity index (χ1) is 8.61. The summed E-state index contributed by atoms with van der Waals surface area (Å²) >= 11 is 0. The first-order valence-corrected chi connectivity index (χ1v) is 5.83. The average Bonchev–Trinajstić information content (AvgIpc) is 2.73. The van der Waals surface area contributed by atoms with Crippen LogP contribution < -0.4 is 0 Å². The van der Waals surface area contributed by atoms with Crippen molar-refractivity contribution < 1.29 is 13.9 Å². The molecule has 94 valence electrons. The predicted octanol–water partition coefficient (Wildman–Crippen LogP) is 3.14. The fraction of sp³-hybridized carbons (Fsp3) is 0.286. The minimum atomic E-state index is -0.454. The Kier molecular flexibility index (Phi) is 3.46. The average molecular weight is 245 g/mol. The number of ether oxygens (including phenoxy) is 1. The Hall–Kier alpha value is -2.10. The van der Waals surface area contributed by atoms with E-state index in [1.165, 1.54) is 0 Å². The second kappa shape index (κ2) is 5.04. The lowest BCUT2D eigenvalue weighted by atomic mass is 10.1. The summed E-state index contributed by atoms with van der Waals surface area (Å²) in [7, 11) is 0. The molecule has 0 aliphatic carbocycles. The van der Waals surface area contributed by atoms with Crippen molar-refractivity contribution in [1.82, 2.24) is 4.98 Å². The van der Waals surface area contributed by atoms with Crippen molar-refractivity contribution in [2.75, 3.05) is 6.61 Å². The number of hydrogen-bond acceptors (Lipinski definition) is 4. The van der Waals surface area contributed by atoms with Crippen LogP contribution in [0.3, 0.4) is 0 Å². The van der Waals surface area contributed by atoms with Gasteiger partial charge in [0.15, 0.2) is 17.3 Å². The Morgan fingerprint density at radius 3 is 2.56 bits per heavy atom. The molecule has 2 aromatic rings. The van der Waals surface area contributed by atoms with E-state index < -0.39 is 5.97 Å². The molecule has 4 heteroatoms. The van der Waals surface area contributed by atoms with E-state index in [1.807, 2.05) is 31.2 Å². The second-order valence-electron chi connectivity index (χ2n) is 4.00. The third-order valence-electron chi connectivity index (χ3n) is 2.52. The molecule has 0 spiro atoms. The summed E-state index contributed by atoms with van der Waals surface area (Å²) < 4.78 is 10.5. The lowest BCUT2D eigenvalue weighted by Crippen LogP contribution is -2.06. The quantitative estimate of drug-likeness (QED) is 0.779. The van der Waals surface area contributed by atoms with E-state index in [9.17, 15) is 4.79 Å². The van der Waals surface area contributed by atoms with Gasteiger partial charge in [0.2, 0.25) is 0 Å². The Balaban J connectivity index is 2.44. The van der Waals surface area contributed by atoms with Crippen molar-refractivity contribution in [3.8, 4) is 11.3 Å². The van der Waals surface area contributed by atoms with Gasteiger partial charge < -0.3 is 9.15 Å². The van der Waals surface area contributed by atoms with Crippen molar-refractivity contribution >= 4 is 5.97 Å². The topological polar surface area (TPSA) is 52.3 Å². The molecule has 0 aliphatic rings. The lowest BCUT2D eigenvalue weighted by Gasteiger charge is -2.01. The van der Waals surface area contributed by atoms with Crippen molar-refractivity contribution in [3.63, 3.8) is 0 Å². The third kappa shape index (κ3) is 2.42. The van der Waals surface area contributed by atoms with Crippen molar-refractivity contribution in [2.45, 2.75) is 20.8 Å². The number of carbonyl (C=O) groups is 1. The summed E-state index contributed by atoms with van der Waals surface area (Å²) in [5.74, 6) is 0.463. The number of benzene rings is 1. The largest absolute Gasteiger partial charge is 0.461 e. The van der Waals surface area contributed by atoms with Gasteiger partial charge >= 0.3 is 5.97 Å². The van der Waals surface area contributed by atoms with E-state index >= 15 is 0 Å². The van der Waals surface area contributed by atoms with Crippen molar-refractivity contribution in [2.24, 2.45) is 0 Å². The minimum absolute atomic E-state index is 0.234. The van der Waals surface area contributed by atoms with Gasteiger partial charge in [-0.05, 0) is 13.8 Å². The van der Waals surface area contributed by atoms with Crippen LogP contribution in [0.2, 0.25) is 0 Å². The molecule has 0 N–H and O–H groups in total. The molecule has 1 heterocycles. The van der Waals surface area contributed by atoms with Crippen LogP contribution in [0.25, 0.3) is 11.3 Å². The fourth-order valence-electron chi connectivity index (χ4n) is 1.67. The fourth-order valence-corrected chi connectivity index (χ4v) is 1.67. The predicted molar refractivity (Wildman–Crippen MR) is 67.4 cm³/mol. The highest BCUT2D eigenvalue weighted by atomic mass is 16.5. The summed E-state index contributed by atoms with van der Waals surface area (Å²) in [6.45, 7) is 5.79. The first-order valence-electron chi connectivity index (χ1n) is 5.83. The Morgan fingerprint density at radius 2 is 1.94 bits per heavy atom. The molecule has 2 rings (SSSR count). The molecule has 0 unspecified atom stereocenters. The summed E-state index contributed by atoms with van der Waals surface area (Å²) in [6.07, 6.45) is 0. The lowest BCUT2D eigenvalue weighted by molar-refractivity contribution is 0.0520. The van der Waals surface area contributed by atoms with Gasteiger partial charge in [-0.25, -0.2) is 9.78 Å². The molecule has 0 radical (unpaired) electrons. The number of aromatic nitrogens is 1.